The molecule has 0 aliphatic carbocycles. The normalized spacial score (nSPS) is 11.5. The standard InChI is InChI=1S/C11H13Cl2NO/c1-11(2,14)10(15)5-7-3-4-8(12)6-9(7)13/h3-4,6H,5,14H2,1-2H3. The molecule has 0 saturated heterocycles. The highest BCUT2D eigenvalue weighted by Crippen LogP contribution is 2.22. The molecule has 0 atom stereocenters. The van der Waals surface area contributed by atoms with E-state index in [4.69, 9.17) is 28.9 Å². The minimum Gasteiger partial charge on any atom is -0.319 e. The predicted octanol–water partition coefficient (Wildman–Crippen LogP) is 2.84. The molecule has 0 aliphatic heterocycles. The van der Waals surface area contributed by atoms with Gasteiger partial charge in [-0.3, -0.25) is 4.79 Å². The third-order valence-corrected chi connectivity index (χ3v) is 2.67. The average Bonchev–Trinajstić information content (AvgIpc) is 2.08. The van der Waals surface area contributed by atoms with Gasteiger partial charge in [0, 0.05) is 16.5 Å². The summed E-state index contributed by atoms with van der Waals surface area (Å²) in [6, 6.07) is 5.07. The number of Topliss-reactive ketones (excluding diaryl/α,β-unsaturated/α-hetero) is 1. The summed E-state index contributed by atoms with van der Waals surface area (Å²) < 4.78 is 0. The van der Waals surface area contributed by atoms with Crippen LogP contribution in [0, 0.1) is 0 Å². The number of hydrogen-bond acceptors (Lipinski definition) is 2. The van der Waals surface area contributed by atoms with Crippen molar-refractivity contribution in [2.45, 2.75) is 25.8 Å². The lowest BCUT2D eigenvalue weighted by atomic mass is 9.95. The SMILES string of the molecule is CC(C)(N)C(=O)Cc1ccc(Cl)cc1Cl. The molecular formula is C11H13Cl2NO. The molecule has 2 N–H and O–H groups in total. The van der Waals surface area contributed by atoms with E-state index in [2.05, 4.69) is 0 Å². The maximum Gasteiger partial charge on any atom is 0.156 e. The first-order chi connectivity index (χ1) is 6.80. The van der Waals surface area contributed by atoms with Gasteiger partial charge in [-0.2, -0.15) is 0 Å². The van der Waals surface area contributed by atoms with Crippen molar-refractivity contribution in [2.75, 3.05) is 0 Å². The second kappa shape index (κ2) is 4.52. The van der Waals surface area contributed by atoms with Gasteiger partial charge < -0.3 is 5.73 Å². The van der Waals surface area contributed by atoms with Gasteiger partial charge in [0.25, 0.3) is 0 Å². The first-order valence-corrected chi connectivity index (χ1v) is 5.32. The van der Waals surface area contributed by atoms with Crippen molar-refractivity contribution >= 4 is 29.0 Å². The van der Waals surface area contributed by atoms with Crippen molar-refractivity contribution in [3.8, 4) is 0 Å². The lowest BCUT2D eigenvalue weighted by Crippen LogP contribution is -2.42. The van der Waals surface area contributed by atoms with E-state index in [9.17, 15) is 4.79 Å². The Hall–Kier alpha value is -0.570. The van der Waals surface area contributed by atoms with Crippen LogP contribution in [0.25, 0.3) is 0 Å². The number of hydrogen-bond donors (Lipinski definition) is 1. The maximum atomic E-state index is 11.7. The van der Waals surface area contributed by atoms with Crippen molar-refractivity contribution in [3.05, 3.63) is 33.8 Å². The van der Waals surface area contributed by atoms with Crippen molar-refractivity contribution < 1.29 is 4.79 Å². The number of halogens is 2. The molecule has 1 aromatic rings. The highest BCUT2D eigenvalue weighted by Gasteiger charge is 2.22. The van der Waals surface area contributed by atoms with Crippen molar-refractivity contribution in [1.29, 1.82) is 0 Å². The van der Waals surface area contributed by atoms with Crippen LogP contribution in [0.15, 0.2) is 18.2 Å². The molecule has 0 amide bonds. The van der Waals surface area contributed by atoms with E-state index >= 15 is 0 Å². The van der Waals surface area contributed by atoms with Crippen LogP contribution >= 0.6 is 23.2 Å². The third kappa shape index (κ3) is 3.49. The van der Waals surface area contributed by atoms with Crippen LogP contribution in [-0.4, -0.2) is 11.3 Å². The van der Waals surface area contributed by atoms with Crippen LogP contribution < -0.4 is 5.73 Å². The number of benzene rings is 1. The number of rotatable bonds is 3. The molecule has 82 valence electrons. The van der Waals surface area contributed by atoms with Gasteiger partial charge in [-0.15, -0.1) is 0 Å². The average molecular weight is 246 g/mol. The summed E-state index contributed by atoms with van der Waals surface area (Å²) in [5, 5.41) is 1.06. The van der Waals surface area contributed by atoms with Gasteiger partial charge >= 0.3 is 0 Å². The van der Waals surface area contributed by atoms with Gasteiger partial charge in [0.05, 0.1) is 5.54 Å². The highest BCUT2D eigenvalue weighted by atomic mass is 35.5. The van der Waals surface area contributed by atoms with Crippen LogP contribution in [0.3, 0.4) is 0 Å². The summed E-state index contributed by atoms with van der Waals surface area (Å²) in [4.78, 5) is 11.7. The van der Waals surface area contributed by atoms with Gasteiger partial charge in [-0.1, -0.05) is 29.3 Å². The minimum atomic E-state index is -0.830. The fourth-order valence-corrected chi connectivity index (χ4v) is 1.54. The Morgan fingerprint density at radius 2 is 2.00 bits per heavy atom. The summed E-state index contributed by atoms with van der Waals surface area (Å²) in [5.41, 5.74) is 5.61. The summed E-state index contributed by atoms with van der Waals surface area (Å²) >= 11 is 11.7. The van der Waals surface area contributed by atoms with Crippen molar-refractivity contribution in [3.63, 3.8) is 0 Å². The van der Waals surface area contributed by atoms with Crippen LogP contribution in [-0.2, 0) is 11.2 Å². The summed E-state index contributed by atoms with van der Waals surface area (Å²) in [6.45, 7) is 3.36. The van der Waals surface area contributed by atoms with E-state index in [0.717, 1.165) is 5.56 Å². The quantitative estimate of drug-likeness (QED) is 0.891. The second-order valence-corrected chi connectivity index (χ2v) is 4.90. The Labute approximate surface area is 99.4 Å². The van der Waals surface area contributed by atoms with E-state index in [1.807, 2.05) is 0 Å². The monoisotopic (exact) mass is 245 g/mol. The van der Waals surface area contributed by atoms with Crippen LogP contribution in [0.2, 0.25) is 10.0 Å². The van der Waals surface area contributed by atoms with E-state index < -0.39 is 5.54 Å². The van der Waals surface area contributed by atoms with E-state index in [0.29, 0.717) is 10.0 Å². The predicted molar refractivity (Wildman–Crippen MR) is 63.4 cm³/mol. The largest absolute Gasteiger partial charge is 0.319 e. The smallest absolute Gasteiger partial charge is 0.156 e. The van der Waals surface area contributed by atoms with E-state index in [-0.39, 0.29) is 12.2 Å². The van der Waals surface area contributed by atoms with Crippen LogP contribution in [0.4, 0.5) is 0 Å². The maximum absolute atomic E-state index is 11.7. The van der Waals surface area contributed by atoms with Gasteiger partial charge in [0.2, 0.25) is 0 Å². The Morgan fingerprint density at radius 3 is 2.47 bits per heavy atom. The third-order valence-electron chi connectivity index (χ3n) is 2.08. The molecule has 0 unspecified atom stereocenters. The van der Waals surface area contributed by atoms with Gasteiger partial charge in [-0.05, 0) is 31.5 Å². The fraction of sp³-hybridized carbons (Fsp3) is 0.364. The summed E-state index contributed by atoms with van der Waals surface area (Å²) in [5.74, 6) is -0.0493. The van der Waals surface area contributed by atoms with Gasteiger partial charge in [0.15, 0.2) is 5.78 Å². The zero-order chi connectivity index (χ0) is 11.6. The molecule has 2 nitrogen and oxygen atoms in total. The number of carbonyl (C=O) groups is 1. The molecule has 0 fully saturated rings. The zero-order valence-corrected chi connectivity index (χ0v) is 10.2. The number of nitrogens with two attached hydrogens (primary N) is 1. The summed E-state index contributed by atoms with van der Waals surface area (Å²) in [7, 11) is 0. The first kappa shape index (κ1) is 12.5. The summed E-state index contributed by atoms with van der Waals surface area (Å²) in [6.07, 6.45) is 0.236. The highest BCUT2D eigenvalue weighted by molar-refractivity contribution is 6.35. The topological polar surface area (TPSA) is 43.1 Å². The van der Waals surface area contributed by atoms with E-state index in [1.165, 1.54) is 0 Å². The molecule has 0 aliphatic rings. The zero-order valence-electron chi connectivity index (χ0n) is 8.68. The molecule has 15 heavy (non-hydrogen) atoms. The fourth-order valence-electron chi connectivity index (χ4n) is 1.07. The van der Waals surface area contributed by atoms with Gasteiger partial charge in [0.1, 0.15) is 0 Å². The molecule has 0 bridgehead atoms. The molecule has 0 spiro atoms. The van der Waals surface area contributed by atoms with E-state index in [1.54, 1.807) is 32.0 Å². The van der Waals surface area contributed by atoms with Crippen molar-refractivity contribution in [1.82, 2.24) is 0 Å². The molecule has 0 saturated carbocycles. The van der Waals surface area contributed by atoms with Gasteiger partial charge in [-0.25, -0.2) is 0 Å². The molecule has 1 aromatic carbocycles. The first-order valence-electron chi connectivity index (χ1n) is 4.57. The second-order valence-electron chi connectivity index (χ2n) is 4.06. The Balaban J connectivity index is 2.87. The van der Waals surface area contributed by atoms with Crippen LogP contribution in [0.1, 0.15) is 19.4 Å². The Kier molecular flexibility index (Phi) is 3.77. The number of carbonyl (C=O) groups excluding carboxylic acids is 1. The molecule has 4 heteroatoms. The van der Waals surface area contributed by atoms with Crippen LogP contribution in [0.5, 0.6) is 0 Å². The molecule has 0 aromatic heterocycles. The molecule has 0 radical (unpaired) electrons. The molecule has 1 rings (SSSR count). The Bertz CT molecular complexity index is 383. The number of ketones is 1. The Morgan fingerprint density at radius 1 is 1.40 bits per heavy atom. The van der Waals surface area contributed by atoms with Crippen molar-refractivity contribution in [2.24, 2.45) is 5.73 Å². The lowest BCUT2D eigenvalue weighted by Gasteiger charge is -2.17. The lowest BCUT2D eigenvalue weighted by molar-refractivity contribution is -0.122. The molecule has 0 heterocycles. The molecular weight excluding hydrogens is 233 g/mol. The minimum absolute atomic E-state index is 0.0493.